The van der Waals surface area contributed by atoms with Crippen LogP contribution in [0.4, 0.5) is 0 Å². The molecule has 5 nitrogen and oxygen atoms in total. The van der Waals surface area contributed by atoms with Crippen molar-refractivity contribution in [3.63, 3.8) is 0 Å². The van der Waals surface area contributed by atoms with Gasteiger partial charge >= 0.3 is 0 Å². The maximum absolute atomic E-state index is 9.72. The summed E-state index contributed by atoms with van der Waals surface area (Å²) in [7, 11) is 0. The summed E-state index contributed by atoms with van der Waals surface area (Å²) in [6.07, 6.45) is -3.50. The van der Waals surface area contributed by atoms with Gasteiger partial charge in [-0.1, -0.05) is 0 Å². The van der Waals surface area contributed by atoms with Crippen LogP contribution in [0.2, 0.25) is 0 Å². The maximum Gasteiger partial charge on any atom is 0.190 e. The van der Waals surface area contributed by atoms with E-state index in [1.54, 1.807) is 20.8 Å². The van der Waals surface area contributed by atoms with Gasteiger partial charge in [0.1, 0.15) is 18.3 Å². The van der Waals surface area contributed by atoms with Crippen LogP contribution in [-0.2, 0) is 14.2 Å². The van der Waals surface area contributed by atoms with Crippen molar-refractivity contribution in [2.75, 3.05) is 0 Å². The molecule has 14 heavy (non-hydrogen) atoms. The van der Waals surface area contributed by atoms with Crippen LogP contribution < -0.4 is 0 Å². The minimum absolute atomic E-state index is 0.441. The summed E-state index contributed by atoms with van der Waals surface area (Å²) in [5.41, 5.74) is 0. The number of hydrogen-bond donors (Lipinski definition) is 2. The van der Waals surface area contributed by atoms with Gasteiger partial charge in [0.15, 0.2) is 12.1 Å². The SMILES string of the molecule is C[C@@H]1O[C@H]2OC(C)(C)O[C@H]2[C@H](O)[C@@H]1O. The zero-order chi connectivity index (χ0) is 10.5. The third-order valence-electron chi connectivity index (χ3n) is 2.60. The van der Waals surface area contributed by atoms with Crippen LogP contribution in [-0.4, -0.2) is 46.7 Å². The first-order valence-electron chi connectivity index (χ1n) is 4.78. The lowest BCUT2D eigenvalue weighted by Gasteiger charge is -2.36. The van der Waals surface area contributed by atoms with Gasteiger partial charge in [0.25, 0.3) is 0 Å². The van der Waals surface area contributed by atoms with Crippen LogP contribution in [0.1, 0.15) is 20.8 Å². The van der Waals surface area contributed by atoms with Crippen molar-refractivity contribution in [2.45, 2.75) is 57.3 Å². The molecule has 2 N–H and O–H groups in total. The van der Waals surface area contributed by atoms with Crippen molar-refractivity contribution < 1.29 is 24.4 Å². The van der Waals surface area contributed by atoms with Gasteiger partial charge < -0.3 is 24.4 Å². The van der Waals surface area contributed by atoms with E-state index in [0.717, 1.165) is 0 Å². The van der Waals surface area contributed by atoms with Crippen molar-refractivity contribution in [1.29, 1.82) is 0 Å². The molecule has 0 radical (unpaired) electrons. The molecule has 5 atom stereocenters. The number of aliphatic hydroxyl groups excluding tert-OH is 2. The molecule has 2 aliphatic heterocycles. The molecule has 0 unspecified atom stereocenters. The van der Waals surface area contributed by atoms with Crippen LogP contribution in [0.3, 0.4) is 0 Å². The molecule has 0 spiro atoms. The number of fused-ring (bicyclic) bond motifs is 1. The highest BCUT2D eigenvalue weighted by Gasteiger charge is 2.52. The van der Waals surface area contributed by atoms with E-state index in [9.17, 15) is 10.2 Å². The highest BCUT2D eigenvalue weighted by atomic mass is 16.8. The molecule has 0 amide bonds. The summed E-state index contributed by atoms with van der Waals surface area (Å²) in [4.78, 5) is 0. The van der Waals surface area contributed by atoms with E-state index in [-0.39, 0.29) is 0 Å². The smallest absolute Gasteiger partial charge is 0.190 e. The van der Waals surface area contributed by atoms with E-state index in [1.165, 1.54) is 0 Å². The largest absolute Gasteiger partial charge is 0.388 e. The zero-order valence-electron chi connectivity index (χ0n) is 8.51. The van der Waals surface area contributed by atoms with Crippen molar-refractivity contribution in [3.8, 4) is 0 Å². The molecule has 0 aromatic rings. The predicted molar refractivity (Wildman–Crippen MR) is 46.4 cm³/mol. The molecule has 2 aliphatic rings. The average Bonchev–Trinajstić information content (AvgIpc) is 2.37. The molecule has 0 aromatic heterocycles. The van der Waals surface area contributed by atoms with Crippen LogP contribution in [0.25, 0.3) is 0 Å². The van der Waals surface area contributed by atoms with Crippen LogP contribution in [0.5, 0.6) is 0 Å². The minimum Gasteiger partial charge on any atom is -0.388 e. The van der Waals surface area contributed by atoms with E-state index in [0.29, 0.717) is 0 Å². The van der Waals surface area contributed by atoms with Crippen LogP contribution in [0.15, 0.2) is 0 Å². The fourth-order valence-corrected chi connectivity index (χ4v) is 1.86. The molecule has 5 heteroatoms. The van der Waals surface area contributed by atoms with Gasteiger partial charge in [0.2, 0.25) is 0 Å². The first-order valence-corrected chi connectivity index (χ1v) is 4.78. The molecule has 0 aliphatic carbocycles. The van der Waals surface area contributed by atoms with Gasteiger partial charge in [-0.2, -0.15) is 0 Å². The van der Waals surface area contributed by atoms with Gasteiger partial charge in [-0.15, -0.1) is 0 Å². The van der Waals surface area contributed by atoms with E-state index in [4.69, 9.17) is 14.2 Å². The lowest BCUT2D eigenvalue weighted by atomic mass is 10.0. The number of rotatable bonds is 0. The topological polar surface area (TPSA) is 68.2 Å². The van der Waals surface area contributed by atoms with E-state index in [1.807, 2.05) is 0 Å². The second-order valence-corrected chi connectivity index (χ2v) is 4.29. The number of aliphatic hydroxyl groups is 2. The zero-order valence-corrected chi connectivity index (χ0v) is 8.51. The van der Waals surface area contributed by atoms with E-state index < -0.39 is 36.5 Å². The second kappa shape index (κ2) is 3.15. The molecular weight excluding hydrogens is 188 g/mol. The first-order chi connectivity index (χ1) is 6.41. The molecule has 2 heterocycles. The highest BCUT2D eigenvalue weighted by molar-refractivity contribution is 4.92. The Balaban J connectivity index is 2.15. The Morgan fingerprint density at radius 3 is 2.36 bits per heavy atom. The van der Waals surface area contributed by atoms with Crippen molar-refractivity contribution in [1.82, 2.24) is 0 Å². The summed E-state index contributed by atoms with van der Waals surface area (Å²) in [5.74, 6) is -0.764. The Hall–Kier alpha value is -0.200. The molecule has 0 aromatic carbocycles. The molecule has 0 bridgehead atoms. The predicted octanol–water partition coefficient (Wildman–Crippen LogP) is -0.396. The lowest BCUT2D eigenvalue weighted by Crippen LogP contribution is -2.55. The van der Waals surface area contributed by atoms with Crippen molar-refractivity contribution in [3.05, 3.63) is 0 Å². The van der Waals surface area contributed by atoms with Crippen LogP contribution >= 0.6 is 0 Å². The Morgan fingerprint density at radius 2 is 1.71 bits per heavy atom. The Bertz CT molecular complexity index is 229. The molecular formula is C9H16O5. The Morgan fingerprint density at radius 1 is 1.07 bits per heavy atom. The molecule has 2 fully saturated rings. The van der Waals surface area contributed by atoms with Gasteiger partial charge in [0.05, 0.1) is 6.10 Å². The minimum atomic E-state index is -0.953. The Labute approximate surface area is 82.6 Å². The Kier molecular flexibility index (Phi) is 2.32. The average molecular weight is 204 g/mol. The third-order valence-corrected chi connectivity index (χ3v) is 2.60. The van der Waals surface area contributed by atoms with Gasteiger partial charge in [0, 0.05) is 0 Å². The van der Waals surface area contributed by atoms with Crippen molar-refractivity contribution >= 4 is 0 Å². The molecule has 2 rings (SSSR count). The van der Waals surface area contributed by atoms with Gasteiger partial charge in [-0.25, -0.2) is 0 Å². The summed E-state index contributed by atoms with van der Waals surface area (Å²) < 4.78 is 16.2. The second-order valence-electron chi connectivity index (χ2n) is 4.29. The fraction of sp³-hybridized carbons (Fsp3) is 1.00. The molecule has 82 valence electrons. The third kappa shape index (κ3) is 1.55. The van der Waals surface area contributed by atoms with Crippen LogP contribution in [0, 0.1) is 0 Å². The standard InChI is InChI=1S/C9H16O5/c1-4-5(10)6(11)7-8(12-4)14-9(2,3)13-7/h4-8,10-11H,1-3H3/t4-,5+,6+,7-,8-/m0/s1. The van der Waals surface area contributed by atoms with E-state index >= 15 is 0 Å². The molecule has 0 saturated carbocycles. The van der Waals surface area contributed by atoms with Crippen molar-refractivity contribution in [2.24, 2.45) is 0 Å². The maximum atomic E-state index is 9.72. The summed E-state index contributed by atoms with van der Waals surface area (Å²) in [6, 6.07) is 0. The quantitative estimate of drug-likeness (QED) is 0.562. The summed E-state index contributed by atoms with van der Waals surface area (Å²) >= 11 is 0. The number of hydrogen-bond acceptors (Lipinski definition) is 5. The van der Waals surface area contributed by atoms with Gasteiger partial charge in [-0.3, -0.25) is 0 Å². The first kappa shape index (κ1) is 10.3. The normalized spacial score (nSPS) is 51.6. The van der Waals surface area contributed by atoms with E-state index in [2.05, 4.69) is 0 Å². The lowest BCUT2D eigenvalue weighted by molar-refractivity contribution is -0.245. The van der Waals surface area contributed by atoms with Gasteiger partial charge in [-0.05, 0) is 20.8 Å². The fourth-order valence-electron chi connectivity index (χ4n) is 1.86. The molecule has 2 saturated heterocycles. The number of ether oxygens (including phenoxy) is 3. The highest BCUT2D eigenvalue weighted by Crippen LogP contribution is 2.35. The monoisotopic (exact) mass is 204 g/mol. The summed E-state index contributed by atoms with van der Waals surface area (Å²) in [5, 5.41) is 19.3. The summed E-state index contributed by atoms with van der Waals surface area (Å²) in [6.45, 7) is 5.19.